The third-order valence-electron chi connectivity index (χ3n) is 5.62. The van der Waals surface area contributed by atoms with E-state index in [-0.39, 0.29) is 12.6 Å². The van der Waals surface area contributed by atoms with Crippen molar-refractivity contribution in [2.45, 2.75) is 32.2 Å². The van der Waals surface area contributed by atoms with Crippen molar-refractivity contribution in [3.05, 3.63) is 89.9 Å². The highest BCUT2D eigenvalue weighted by molar-refractivity contribution is 5.83. The molecule has 2 heterocycles. The second-order valence-corrected chi connectivity index (χ2v) is 7.90. The molecule has 5 heteroatoms. The van der Waals surface area contributed by atoms with Gasteiger partial charge in [-0.05, 0) is 67.6 Å². The van der Waals surface area contributed by atoms with Gasteiger partial charge in [0.15, 0.2) is 0 Å². The number of rotatable bonds is 10. The summed E-state index contributed by atoms with van der Waals surface area (Å²) in [4.78, 5) is 7.80. The van der Waals surface area contributed by atoms with Gasteiger partial charge in [0, 0.05) is 47.3 Å². The molecule has 5 nitrogen and oxygen atoms in total. The van der Waals surface area contributed by atoms with Crippen molar-refractivity contribution in [3.8, 4) is 0 Å². The third-order valence-corrected chi connectivity index (χ3v) is 5.62. The minimum atomic E-state index is 0.0911. The summed E-state index contributed by atoms with van der Waals surface area (Å²) in [6.07, 6.45) is 7.22. The van der Waals surface area contributed by atoms with E-state index in [1.54, 1.807) is 0 Å². The Labute approximate surface area is 183 Å². The number of benzene rings is 2. The first-order chi connectivity index (χ1) is 15.2. The summed E-state index contributed by atoms with van der Waals surface area (Å²) in [5.74, 6) is 0. The molecule has 0 aliphatic rings. The van der Waals surface area contributed by atoms with E-state index in [1.807, 2.05) is 25.3 Å². The SMILES string of the molecule is CC(NCCO)c1cc(Nc2ccc(CCCc3c[nH]c4ccccc34)cc2)ccn1. The number of aliphatic hydroxyl groups excluding tert-OH is 1. The van der Waals surface area contributed by atoms with Gasteiger partial charge in [0.05, 0.1) is 12.3 Å². The quantitative estimate of drug-likeness (QED) is 0.290. The molecule has 0 saturated carbocycles. The average Bonchev–Trinajstić information content (AvgIpc) is 3.22. The van der Waals surface area contributed by atoms with Crippen LogP contribution in [-0.2, 0) is 12.8 Å². The van der Waals surface area contributed by atoms with Crippen LogP contribution in [0.15, 0.2) is 73.1 Å². The van der Waals surface area contributed by atoms with Crippen molar-refractivity contribution in [2.75, 3.05) is 18.5 Å². The molecule has 0 fully saturated rings. The molecule has 2 aromatic heterocycles. The topological polar surface area (TPSA) is 73.0 Å². The number of aliphatic hydroxyl groups is 1. The van der Waals surface area contributed by atoms with Gasteiger partial charge in [0.1, 0.15) is 0 Å². The van der Waals surface area contributed by atoms with Crippen LogP contribution in [0, 0.1) is 0 Å². The van der Waals surface area contributed by atoms with Gasteiger partial charge in [-0.2, -0.15) is 0 Å². The van der Waals surface area contributed by atoms with Crippen molar-refractivity contribution in [2.24, 2.45) is 0 Å². The molecule has 0 spiro atoms. The zero-order valence-electron chi connectivity index (χ0n) is 17.9. The second-order valence-electron chi connectivity index (χ2n) is 7.90. The fourth-order valence-electron chi connectivity index (χ4n) is 3.89. The lowest BCUT2D eigenvalue weighted by Crippen LogP contribution is -2.22. The molecule has 0 aliphatic heterocycles. The maximum atomic E-state index is 8.98. The molecule has 1 atom stereocenters. The number of para-hydroxylation sites is 1. The Morgan fingerprint density at radius 2 is 1.84 bits per heavy atom. The summed E-state index contributed by atoms with van der Waals surface area (Å²) in [5, 5.41) is 17.0. The number of nitrogens with one attached hydrogen (secondary N) is 3. The van der Waals surface area contributed by atoms with Gasteiger partial charge in [-0.3, -0.25) is 4.98 Å². The monoisotopic (exact) mass is 414 g/mol. The highest BCUT2D eigenvalue weighted by Crippen LogP contribution is 2.22. The molecule has 2 aromatic carbocycles. The number of aryl methyl sites for hydroxylation is 2. The zero-order valence-corrected chi connectivity index (χ0v) is 17.9. The van der Waals surface area contributed by atoms with E-state index >= 15 is 0 Å². The first-order valence-electron chi connectivity index (χ1n) is 10.9. The lowest BCUT2D eigenvalue weighted by atomic mass is 10.0. The van der Waals surface area contributed by atoms with Crippen LogP contribution in [0.25, 0.3) is 10.9 Å². The van der Waals surface area contributed by atoms with E-state index in [0.29, 0.717) is 6.54 Å². The van der Waals surface area contributed by atoms with Gasteiger partial charge in [0.2, 0.25) is 0 Å². The van der Waals surface area contributed by atoms with Crippen molar-refractivity contribution in [1.29, 1.82) is 0 Å². The first-order valence-corrected chi connectivity index (χ1v) is 10.9. The zero-order chi connectivity index (χ0) is 21.5. The van der Waals surface area contributed by atoms with E-state index in [9.17, 15) is 0 Å². The maximum Gasteiger partial charge on any atom is 0.0590 e. The predicted octanol–water partition coefficient (Wildman–Crippen LogP) is 5.12. The van der Waals surface area contributed by atoms with E-state index in [4.69, 9.17) is 5.11 Å². The number of H-pyrrole nitrogens is 1. The highest BCUT2D eigenvalue weighted by atomic mass is 16.3. The fourth-order valence-corrected chi connectivity index (χ4v) is 3.89. The van der Waals surface area contributed by atoms with Gasteiger partial charge >= 0.3 is 0 Å². The summed E-state index contributed by atoms with van der Waals surface area (Å²) >= 11 is 0. The van der Waals surface area contributed by atoms with Crippen LogP contribution in [0.1, 0.15) is 36.2 Å². The second kappa shape index (κ2) is 10.2. The Kier molecular flexibility index (Phi) is 6.97. The molecule has 31 heavy (non-hydrogen) atoms. The van der Waals surface area contributed by atoms with Crippen molar-refractivity contribution in [3.63, 3.8) is 0 Å². The molecule has 1 unspecified atom stereocenters. The summed E-state index contributed by atoms with van der Waals surface area (Å²) in [5.41, 5.74) is 6.98. The fraction of sp³-hybridized carbons (Fsp3) is 0.269. The van der Waals surface area contributed by atoms with Gasteiger partial charge in [0.25, 0.3) is 0 Å². The number of anilines is 2. The lowest BCUT2D eigenvalue weighted by Gasteiger charge is -2.14. The maximum absolute atomic E-state index is 8.98. The minimum absolute atomic E-state index is 0.0911. The Balaban J connectivity index is 1.31. The largest absolute Gasteiger partial charge is 0.395 e. The molecule has 4 N–H and O–H groups in total. The van der Waals surface area contributed by atoms with Crippen LogP contribution in [0.4, 0.5) is 11.4 Å². The molecular formula is C26H30N4O. The number of pyridine rings is 1. The van der Waals surface area contributed by atoms with Gasteiger partial charge in [-0.25, -0.2) is 0 Å². The summed E-state index contributed by atoms with van der Waals surface area (Å²) in [6.45, 7) is 2.73. The van der Waals surface area contributed by atoms with Crippen LogP contribution < -0.4 is 10.6 Å². The Morgan fingerprint density at radius 1 is 1.00 bits per heavy atom. The molecule has 0 aliphatic carbocycles. The number of aromatic nitrogens is 2. The summed E-state index contributed by atoms with van der Waals surface area (Å²) < 4.78 is 0. The van der Waals surface area contributed by atoms with Crippen LogP contribution in [0.3, 0.4) is 0 Å². The Bertz CT molecular complexity index is 1100. The number of hydrogen-bond donors (Lipinski definition) is 4. The number of fused-ring (bicyclic) bond motifs is 1. The normalized spacial score (nSPS) is 12.2. The molecule has 160 valence electrons. The van der Waals surface area contributed by atoms with Gasteiger partial charge in [-0.1, -0.05) is 30.3 Å². The number of aromatic amines is 1. The standard InChI is InChI=1S/C26H30N4O/c1-19(27-15-16-31)26-17-23(13-14-28-26)30-22-11-9-20(10-12-22)5-4-6-21-18-29-25-8-3-2-7-24(21)25/h2-3,7-14,17-19,27,29,31H,4-6,15-16H2,1H3,(H,28,30). The van der Waals surface area contributed by atoms with Crippen LogP contribution in [-0.4, -0.2) is 28.2 Å². The molecule has 0 amide bonds. The molecule has 0 bridgehead atoms. The van der Waals surface area contributed by atoms with Crippen molar-refractivity contribution >= 4 is 22.3 Å². The van der Waals surface area contributed by atoms with E-state index in [2.05, 4.69) is 75.3 Å². The Hall–Kier alpha value is -3.15. The van der Waals surface area contributed by atoms with Crippen molar-refractivity contribution < 1.29 is 5.11 Å². The van der Waals surface area contributed by atoms with Gasteiger partial charge < -0.3 is 20.7 Å². The Morgan fingerprint density at radius 3 is 2.68 bits per heavy atom. The van der Waals surface area contributed by atoms with Crippen LogP contribution in [0.2, 0.25) is 0 Å². The number of hydrogen-bond acceptors (Lipinski definition) is 4. The van der Waals surface area contributed by atoms with Crippen molar-refractivity contribution in [1.82, 2.24) is 15.3 Å². The van der Waals surface area contributed by atoms with E-state index in [1.165, 1.54) is 22.0 Å². The van der Waals surface area contributed by atoms with Crippen LogP contribution in [0.5, 0.6) is 0 Å². The average molecular weight is 415 g/mol. The molecule has 0 radical (unpaired) electrons. The molecule has 4 rings (SSSR count). The van der Waals surface area contributed by atoms with Crippen LogP contribution >= 0.6 is 0 Å². The predicted molar refractivity (Wildman–Crippen MR) is 128 cm³/mol. The number of nitrogens with zero attached hydrogens (tertiary/aromatic N) is 1. The minimum Gasteiger partial charge on any atom is -0.395 e. The summed E-state index contributed by atoms with van der Waals surface area (Å²) in [6, 6.07) is 21.3. The lowest BCUT2D eigenvalue weighted by molar-refractivity contribution is 0.286. The van der Waals surface area contributed by atoms with E-state index < -0.39 is 0 Å². The molecule has 0 saturated heterocycles. The molecular weight excluding hydrogens is 384 g/mol. The third kappa shape index (κ3) is 5.51. The summed E-state index contributed by atoms with van der Waals surface area (Å²) in [7, 11) is 0. The molecule has 4 aromatic rings. The van der Waals surface area contributed by atoms with E-state index in [0.717, 1.165) is 36.3 Å². The first kappa shape index (κ1) is 21.1. The highest BCUT2D eigenvalue weighted by Gasteiger charge is 2.07. The van der Waals surface area contributed by atoms with Gasteiger partial charge in [-0.15, -0.1) is 0 Å². The smallest absolute Gasteiger partial charge is 0.0590 e.